The molecule has 2 aromatic carbocycles. The van der Waals surface area contributed by atoms with E-state index in [1.807, 2.05) is 51.1 Å². The number of rotatable bonds is 6. The van der Waals surface area contributed by atoms with Crippen LogP contribution >= 0.6 is 11.6 Å². The minimum absolute atomic E-state index is 0.00638. The van der Waals surface area contributed by atoms with Crippen LogP contribution in [0.2, 0.25) is 5.02 Å². The highest BCUT2D eigenvalue weighted by atomic mass is 35.5. The van der Waals surface area contributed by atoms with Crippen molar-refractivity contribution in [1.82, 2.24) is 9.80 Å². The highest BCUT2D eigenvalue weighted by Crippen LogP contribution is 2.20. The van der Waals surface area contributed by atoms with Crippen LogP contribution in [0.15, 0.2) is 36.4 Å². The van der Waals surface area contributed by atoms with Gasteiger partial charge in [-0.1, -0.05) is 23.7 Å². The van der Waals surface area contributed by atoms with Crippen LogP contribution in [0.1, 0.15) is 16.7 Å². The molecule has 1 saturated heterocycles. The Morgan fingerprint density at radius 3 is 1.97 bits per heavy atom. The first-order valence-electron chi connectivity index (χ1n) is 10.2. The molecule has 0 radical (unpaired) electrons. The van der Waals surface area contributed by atoms with Crippen molar-refractivity contribution in [2.45, 2.75) is 20.8 Å². The van der Waals surface area contributed by atoms with E-state index in [9.17, 15) is 9.59 Å². The summed E-state index contributed by atoms with van der Waals surface area (Å²) in [5, 5.41) is 6.61. The Bertz CT molecular complexity index is 923. The van der Waals surface area contributed by atoms with Gasteiger partial charge in [0.2, 0.25) is 11.8 Å². The molecule has 2 N–H and O–H groups in total. The van der Waals surface area contributed by atoms with Crippen LogP contribution in [-0.4, -0.2) is 60.9 Å². The standard InChI is InChI=1S/C23H29ClN4O2/c1-16-5-4-6-21(18(16)3)26-23(30)15-28-11-9-27(10-12-28)14-22(29)25-20-8-7-19(24)13-17(20)2/h4-8,13H,9-12,14-15H2,1-3H3,(H,25,29)(H,26,30). The fraction of sp³-hybridized carbons (Fsp3) is 0.391. The lowest BCUT2D eigenvalue weighted by Crippen LogP contribution is -2.50. The minimum Gasteiger partial charge on any atom is -0.325 e. The normalized spacial score (nSPS) is 15.1. The Morgan fingerprint density at radius 1 is 0.833 bits per heavy atom. The highest BCUT2D eigenvalue weighted by molar-refractivity contribution is 6.30. The van der Waals surface area contributed by atoms with Gasteiger partial charge in [-0.25, -0.2) is 0 Å². The SMILES string of the molecule is Cc1cc(Cl)ccc1NC(=O)CN1CCN(CC(=O)Nc2cccc(C)c2C)CC1. The van der Waals surface area contributed by atoms with E-state index < -0.39 is 0 Å². The first-order chi connectivity index (χ1) is 14.3. The van der Waals surface area contributed by atoms with E-state index in [2.05, 4.69) is 20.4 Å². The highest BCUT2D eigenvalue weighted by Gasteiger charge is 2.21. The summed E-state index contributed by atoms with van der Waals surface area (Å²) in [6, 6.07) is 11.3. The maximum atomic E-state index is 12.4. The smallest absolute Gasteiger partial charge is 0.238 e. The number of piperazine rings is 1. The molecule has 30 heavy (non-hydrogen) atoms. The van der Waals surface area contributed by atoms with Gasteiger partial charge in [0.1, 0.15) is 0 Å². The largest absolute Gasteiger partial charge is 0.325 e. The Morgan fingerprint density at radius 2 is 1.40 bits per heavy atom. The van der Waals surface area contributed by atoms with E-state index in [0.29, 0.717) is 18.1 Å². The number of aryl methyl sites for hydroxylation is 2. The molecule has 160 valence electrons. The van der Waals surface area contributed by atoms with Crippen molar-refractivity contribution in [2.75, 3.05) is 49.9 Å². The number of nitrogens with zero attached hydrogens (tertiary/aromatic N) is 2. The molecule has 1 aliphatic heterocycles. The zero-order valence-electron chi connectivity index (χ0n) is 17.8. The van der Waals surface area contributed by atoms with Crippen molar-refractivity contribution in [1.29, 1.82) is 0 Å². The summed E-state index contributed by atoms with van der Waals surface area (Å²) >= 11 is 5.96. The predicted molar refractivity (Wildman–Crippen MR) is 122 cm³/mol. The van der Waals surface area contributed by atoms with E-state index in [-0.39, 0.29) is 11.8 Å². The van der Waals surface area contributed by atoms with E-state index in [1.54, 1.807) is 6.07 Å². The van der Waals surface area contributed by atoms with Crippen LogP contribution in [-0.2, 0) is 9.59 Å². The summed E-state index contributed by atoms with van der Waals surface area (Å²) in [5.41, 5.74) is 4.85. The molecule has 2 amide bonds. The van der Waals surface area contributed by atoms with Crippen LogP contribution in [0.3, 0.4) is 0 Å². The third-order valence-corrected chi connectivity index (χ3v) is 5.78. The van der Waals surface area contributed by atoms with Crippen molar-refractivity contribution in [2.24, 2.45) is 0 Å². The molecule has 1 heterocycles. The van der Waals surface area contributed by atoms with Gasteiger partial charge in [-0.2, -0.15) is 0 Å². The molecule has 0 aromatic heterocycles. The maximum Gasteiger partial charge on any atom is 0.238 e. The molecular weight excluding hydrogens is 400 g/mol. The zero-order valence-corrected chi connectivity index (χ0v) is 18.6. The Balaban J connectivity index is 1.42. The average Bonchev–Trinajstić information content (AvgIpc) is 2.69. The second-order valence-corrected chi connectivity index (χ2v) is 8.29. The number of benzene rings is 2. The molecule has 7 heteroatoms. The molecule has 0 spiro atoms. The van der Waals surface area contributed by atoms with Gasteiger partial charge in [0.15, 0.2) is 0 Å². The van der Waals surface area contributed by atoms with Gasteiger partial charge in [-0.05, 0) is 61.7 Å². The van der Waals surface area contributed by atoms with Gasteiger partial charge < -0.3 is 10.6 Å². The zero-order chi connectivity index (χ0) is 21.7. The summed E-state index contributed by atoms with van der Waals surface area (Å²) in [6.45, 7) is 9.69. The summed E-state index contributed by atoms with van der Waals surface area (Å²) in [5.74, 6) is -0.0466. The molecular formula is C23H29ClN4O2. The van der Waals surface area contributed by atoms with Crippen LogP contribution in [0.4, 0.5) is 11.4 Å². The molecule has 0 bridgehead atoms. The number of hydrogen-bond donors (Lipinski definition) is 2. The number of amides is 2. The van der Waals surface area contributed by atoms with Crippen molar-refractivity contribution >= 4 is 34.8 Å². The number of halogens is 1. The number of carbonyl (C=O) groups excluding carboxylic acids is 2. The lowest BCUT2D eigenvalue weighted by atomic mass is 10.1. The van der Waals surface area contributed by atoms with Crippen LogP contribution in [0, 0.1) is 20.8 Å². The minimum atomic E-state index is -0.0402. The first-order valence-corrected chi connectivity index (χ1v) is 10.6. The third kappa shape index (κ3) is 6.05. The van der Waals surface area contributed by atoms with Crippen molar-refractivity contribution in [3.8, 4) is 0 Å². The second kappa shape index (κ2) is 10.1. The molecule has 2 aromatic rings. The molecule has 6 nitrogen and oxygen atoms in total. The fourth-order valence-corrected chi connectivity index (χ4v) is 3.77. The molecule has 1 fully saturated rings. The first kappa shape index (κ1) is 22.3. The quantitative estimate of drug-likeness (QED) is 0.739. The fourth-order valence-electron chi connectivity index (χ4n) is 3.55. The van der Waals surface area contributed by atoms with Crippen molar-refractivity contribution in [3.63, 3.8) is 0 Å². The van der Waals surface area contributed by atoms with E-state index in [1.165, 1.54) is 0 Å². The lowest BCUT2D eigenvalue weighted by Gasteiger charge is -2.33. The molecule has 3 rings (SSSR count). The van der Waals surface area contributed by atoms with Gasteiger partial charge >= 0.3 is 0 Å². The van der Waals surface area contributed by atoms with Crippen molar-refractivity contribution in [3.05, 3.63) is 58.1 Å². The van der Waals surface area contributed by atoms with Gasteiger partial charge in [0, 0.05) is 42.6 Å². The number of anilines is 2. The molecule has 0 atom stereocenters. The van der Waals surface area contributed by atoms with Gasteiger partial charge in [-0.15, -0.1) is 0 Å². The Kier molecular flexibility index (Phi) is 7.48. The summed E-state index contributed by atoms with van der Waals surface area (Å²) in [4.78, 5) is 29.0. The van der Waals surface area contributed by atoms with Gasteiger partial charge in [-0.3, -0.25) is 19.4 Å². The molecule has 0 saturated carbocycles. The monoisotopic (exact) mass is 428 g/mol. The summed E-state index contributed by atoms with van der Waals surface area (Å²) in [6.07, 6.45) is 0. The van der Waals surface area contributed by atoms with Gasteiger partial charge in [0.05, 0.1) is 13.1 Å². The van der Waals surface area contributed by atoms with Gasteiger partial charge in [0.25, 0.3) is 0 Å². The molecule has 0 unspecified atom stereocenters. The second-order valence-electron chi connectivity index (χ2n) is 7.86. The predicted octanol–water partition coefficient (Wildman–Crippen LogP) is 3.46. The average molecular weight is 429 g/mol. The van der Waals surface area contributed by atoms with E-state index in [0.717, 1.165) is 54.2 Å². The number of hydrogen-bond acceptors (Lipinski definition) is 4. The topological polar surface area (TPSA) is 64.7 Å². The van der Waals surface area contributed by atoms with E-state index >= 15 is 0 Å². The summed E-state index contributed by atoms with van der Waals surface area (Å²) in [7, 11) is 0. The summed E-state index contributed by atoms with van der Waals surface area (Å²) < 4.78 is 0. The van der Waals surface area contributed by atoms with Crippen LogP contribution in [0.25, 0.3) is 0 Å². The third-order valence-electron chi connectivity index (χ3n) is 5.54. The molecule has 1 aliphatic rings. The maximum absolute atomic E-state index is 12.4. The Labute approximate surface area is 183 Å². The Hall–Kier alpha value is -2.41. The number of carbonyl (C=O) groups is 2. The molecule has 0 aliphatic carbocycles. The van der Waals surface area contributed by atoms with Crippen molar-refractivity contribution < 1.29 is 9.59 Å². The lowest BCUT2D eigenvalue weighted by molar-refractivity contribution is -0.120. The van der Waals surface area contributed by atoms with Crippen LogP contribution < -0.4 is 10.6 Å². The number of nitrogens with one attached hydrogen (secondary N) is 2. The van der Waals surface area contributed by atoms with Crippen LogP contribution in [0.5, 0.6) is 0 Å². The van der Waals surface area contributed by atoms with E-state index in [4.69, 9.17) is 11.6 Å².